The Labute approximate surface area is 135 Å². The van der Waals surface area contributed by atoms with E-state index in [1.54, 1.807) is 17.0 Å². The monoisotopic (exact) mass is 330 g/mol. The van der Waals surface area contributed by atoms with Gasteiger partial charge < -0.3 is 10.2 Å². The summed E-state index contributed by atoms with van der Waals surface area (Å²) in [6.45, 7) is 5.19. The molecule has 1 aromatic rings. The van der Waals surface area contributed by atoms with Gasteiger partial charge in [-0.3, -0.25) is 9.59 Å². The van der Waals surface area contributed by atoms with Gasteiger partial charge >= 0.3 is 11.8 Å². The second kappa shape index (κ2) is 8.90. The number of carbonyl (C=O) groups excluding carboxylic acids is 2. The Morgan fingerprint density at radius 2 is 1.81 bits per heavy atom. The highest BCUT2D eigenvalue weighted by atomic mass is 35.5. The lowest BCUT2D eigenvalue weighted by atomic mass is 10.2. The largest absolute Gasteiger partial charge is 0.334 e. The van der Waals surface area contributed by atoms with Gasteiger partial charge in [0.25, 0.3) is 0 Å². The van der Waals surface area contributed by atoms with Gasteiger partial charge in [0.15, 0.2) is 0 Å². The van der Waals surface area contributed by atoms with E-state index in [1.165, 1.54) is 6.07 Å². The average molecular weight is 331 g/mol. The Bertz CT molecular complexity index is 506. The molecule has 0 atom stereocenters. The zero-order valence-corrected chi connectivity index (χ0v) is 13.8. The van der Waals surface area contributed by atoms with E-state index in [4.69, 9.17) is 23.2 Å². The van der Waals surface area contributed by atoms with Crippen molar-refractivity contribution in [2.45, 2.75) is 33.1 Å². The molecule has 0 heterocycles. The van der Waals surface area contributed by atoms with Crippen LogP contribution < -0.4 is 5.32 Å². The molecule has 116 valence electrons. The van der Waals surface area contributed by atoms with Gasteiger partial charge in [0.05, 0.1) is 10.0 Å². The van der Waals surface area contributed by atoms with E-state index in [-0.39, 0.29) is 0 Å². The van der Waals surface area contributed by atoms with Crippen LogP contribution in [0.2, 0.25) is 10.0 Å². The average Bonchev–Trinajstić information content (AvgIpc) is 2.46. The Balaban J connectivity index is 2.71. The van der Waals surface area contributed by atoms with Gasteiger partial charge in [-0.15, -0.1) is 0 Å². The standard InChI is InChI=1S/C15H20Cl2N2O2/c1-3-5-9-19(8-4-2)15(21)14(20)18-11-6-7-12(16)13(17)10-11/h6-7,10H,3-5,8-9H2,1-2H3,(H,18,20). The van der Waals surface area contributed by atoms with E-state index in [9.17, 15) is 9.59 Å². The molecule has 0 unspecified atom stereocenters. The van der Waals surface area contributed by atoms with E-state index in [0.717, 1.165) is 19.3 Å². The first-order chi connectivity index (χ1) is 9.99. The highest BCUT2D eigenvalue weighted by Gasteiger charge is 2.21. The van der Waals surface area contributed by atoms with Crippen molar-refractivity contribution < 1.29 is 9.59 Å². The summed E-state index contributed by atoms with van der Waals surface area (Å²) in [5.74, 6) is -1.17. The molecule has 1 aromatic carbocycles. The Morgan fingerprint density at radius 3 is 2.38 bits per heavy atom. The number of anilines is 1. The van der Waals surface area contributed by atoms with Gasteiger partial charge in [0, 0.05) is 18.8 Å². The minimum atomic E-state index is -0.655. The molecule has 0 aliphatic rings. The summed E-state index contributed by atoms with van der Waals surface area (Å²) in [5.41, 5.74) is 0.453. The zero-order valence-electron chi connectivity index (χ0n) is 12.3. The van der Waals surface area contributed by atoms with Gasteiger partial charge in [-0.2, -0.15) is 0 Å². The fraction of sp³-hybridized carbons (Fsp3) is 0.467. The second-order valence-electron chi connectivity index (χ2n) is 4.73. The van der Waals surface area contributed by atoms with Crippen LogP contribution in [0.4, 0.5) is 5.69 Å². The van der Waals surface area contributed by atoms with Crippen LogP contribution in [0.15, 0.2) is 18.2 Å². The van der Waals surface area contributed by atoms with Crippen molar-refractivity contribution >= 4 is 40.7 Å². The number of hydrogen-bond acceptors (Lipinski definition) is 2. The van der Waals surface area contributed by atoms with Gasteiger partial charge in [-0.25, -0.2) is 0 Å². The molecule has 0 aliphatic carbocycles. The van der Waals surface area contributed by atoms with Crippen molar-refractivity contribution in [2.75, 3.05) is 18.4 Å². The van der Waals surface area contributed by atoms with Crippen LogP contribution in [0.3, 0.4) is 0 Å². The number of unbranched alkanes of at least 4 members (excludes halogenated alkanes) is 1. The topological polar surface area (TPSA) is 49.4 Å². The number of rotatable bonds is 6. The minimum Gasteiger partial charge on any atom is -0.334 e. The fourth-order valence-electron chi connectivity index (χ4n) is 1.84. The van der Waals surface area contributed by atoms with Gasteiger partial charge in [-0.05, 0) is 31.0 Å². The van der Waals surface area contributed by atoms with Crippen molar-refractivity contribution in [1.29, 1.82) is 0 Å². The minimum absolute atomic E-state index is 0.332. The van der Waals surface area contributed by atoms with Crippen molar-refractivity contribution in [2.24, 2.45) is 0 Å². The molecule has 6 heteroatoms. The van der Waals surface area contributed by atoms with Crippen LogP contribution in [-0.2, 0) is 9.59 Å². The first kappa shape index (κ1) is 17.8. The summed E-state index contributed by atoms with van der Waals surface area (Å²) in [6.07, 6.45) is 2.67. The molecule has 0 bridgehead atoms. The van der Waals surface area contributed by atoms with Crippen LogP contribution in [-0.4, -0.2) is 29.8 Å². The van der Waals surface area contributed by atoms with Crippen molar-refractivity contribution in [3.8, 4) is 0 Å². The Kier molecular flexibility index (Phi) is 7.54. The second-order valence-corrected chi connectivity index (χ2v) is 5.54. The van der Waals surface area contributed by atoms with Crippen LogP contribution in [0.25, 0.3) is 0 Å². The first-order valence-corrected chi connectivity index (χ1v) is 7.80. The SMILES string of the molecule is CCCCN(CCC)C(=O)C(=O)Nc1ccc(Cl)c(Cl)c1. The molecule has 21 heavy (non-hydrogen) atoms. The summed E-state index contributed by atoms with van der Waals surface area (Å²) in [4.78, 5) is 25.7. The summed E-state index contributed by atoms with van der Waals surface area (Å²) in [7, 11) is 0. The lowest BCUT2D eigenvalue weighted by Gasteiger charge is -2.21. The normalized spacial score (nSPS) is 10.3. The van der Waals surface area contributed by atoms with Gasteiger partial charge in [-0.1, -0.05) is 43.5 Å². The summed E-state index contributed by atoms with van der Waals surface area (Å²) in [6, 6.07) is 4.70. The van der Waals surface area contributed by atoms with Gasteiger partial charge in [0.1, 0.15) is 0 Å². The van der Waals surface area contributed by atoms with Crippen LogP contribution >= 0.6 is 23.2 Å². The quantitative estimate of drug-likeness (QED) is 0.802. The molecule has 0 spiro atoms. The fourth-order valence-corrected chi connectivity index (χ4v) is 2.13. The first-order valence-electron chi connectivity index (χ1n) is 7.04. The molecular formula is C15H20Cl2N2O2. The maximum absolute atomic E-state index is 12.2. The number of nitrogens with zero attached hydrogens (tertiary/aromatic N) is 1. The molecule has 0 radical (unpaired) electrons. The van der Waals surface area contributed by atoms with Crippen molar-refractivity contribution in [3.05, 3.63) is 28.2 Å². The van der Waals surface area contributed by atoms with Crippen molar-refractivity contribution in [1.82, 2.24) is 4.90 Å². The maximum atomic E-state index is 12.2. The van der Waals surface area contributed by atoms with Crippen LogP contribution in [0.1, 0.15) is 33.1 Å². The highest BCUT2D eigenvalue weighted by Crippen LogP contribution is 2.24. The third-order valence-electron chi connectivity index (χ3n) is 2.93. The van der Waals surface area contributed by atoms with E-state index < -0.39 is 11.8 Å². The zero-order chi connectivity index (χ0) is 15.8. The van der Waals surface area contributed by atoms with Crippen LogP contribution in [0, 0.1) is 0 Å². The molecule has 0 fully saturated rings. The van der Waals surface area contributed by atoms with E-state index in [1.807, 2.05) is 13.8 Å². The lowest BCUT2D eigenvalue weighted by molar-refractivity contribution is -0.143. The van der Waals surface area contributed by atoms with Crippen LogP contribution in [0.5, 0.6) is 0 Å². The molecule has 0 saturated carbocycles. The number of carbonyl (C=O) groups is 2. The number of hydrogen-bond donors (Lipinski definition) is 1. The predicted molar refractivity (Wildman–Crippen MR) is 86.9 cm³/mol. The number of halogens is 2. The molecule has 0 saturated heterocycles. The smallest absolute Gasteiger partial charge is 0.313 e. The van der Waals surface area contributed by atoms with E-state index in [2.05, 4.69) is 5.32 Å². The predicted octanol–water partition coefficient (Wildman–Crippen LogP) is 3.97. The van der Waals surface area contributed by atoms with E-state index >= 15 is 0 Å². The van der Waals surface area contributed by atoms with E-state index in [0.29, 0.717) is 28.8 Å². The molecule has 0 aromatic heterocycles. The third kappa shape index (κ3) is 5.56. The Hall–Kier alpha value is -1.26. The third-order valence-corrected chi connectivity index (χ3v) is 3.67. The van der Waals surface area contributed by atoms with Crippen molar-refractivity contribution in [3.63, 3.8) is 0 Å². The maximum Gasteiger partial charge on any atom is 0.313 e. The summed E-state index contributed by atoms with van der Waals surface area (Å²) < 4.78 is 0. The molecule has 2 amide bonds. The molecule has 0 aliphatic heterocycles. The highest BCUT2D eigenvalue weighted by molar-refractivity contribution is 6.42. The molecule has 1 rings (SSSR count). The number of nitrogens with one attached hydrogen (secondary N) is 1. The Morgan fingerprint density at radius 1 is 1.10 bits per heavy atom. The molecule has 1 N–H and O–H groups in total. The van der Waals surface area contributed by atoms with Gasteiger partial charge in [0.2, 0.25) is 0 Å². The molecular weight excluding hydrogens is 311 g/mol. The lowest BCUT2D eigenvalue weighted by Crippen LogP contribution is -2.40. The summed E-state index contributed by atoms with van der Waals surface area (Å²) >= 11 is 11.7. The molecule has 4 nitrogen and oxygen atoms in total. The number of benzene rings is 1. The summed E-state index contributed by atoms with van der Waals surface area (Å²) in [5, 5.41) is 3.28. The number of amides is 2.